The van der Waals surface area contributed by atoms with Gasteiger partial charge in [-0.2, -0.15) is 0 Å². The molecule has 5 heteroatoms. The van der Waals surface area contributed by atoms with Gasteiger partial charge in [-0.1, -0.05) is 109 Å². The van der Waals surface area contributed by atoms with E-state index in [1.807, 2.05) is 66.7 Å². The van der Waals surface area contributed by atoms with Gasteiger partial charge in [0.2, 0.25) is 0 Å². The molecule has 3 heterocycles. The fourth-order valence-corrected chi connectivity index (χ4v) is 6.72. The highest BCUT2D eigenvalue weighted by molar-refractivity contribution is 6.33. The Morgan fingerprint density at radius 2 is 0.935 bits per heavy atom. The van der Waals surface area contributed by atoms with E-state index in [1.54, 1.807) is 0 Å². The maximum atomic E-state index is 6.57. The van der Waals surface area contributed by atoms with E-state index in [2.05, 4.69) is 72.8 Å². The Morgan fingerprint density at radius 3 is 1.76 bits per heavy atom. The highest BCUT2D eigenvalue weighted by Crippen LogP contribution is 2.45. The fraction of sp³-hybridized carbons (Fsp3) is 0. The molecule has 0 aliphatic rings. The third-order valence-corrected chi connectivity index (χ3v) is 8.88. The SMILES string of the molecule is c1ccc(-c2nc(-c3ccc4ccccc4c3)nc(-c3ccc4oc5c6ccccc6c6c7ccccc7oc6c5c4c3)n2)cc1. The Balaban J connectivity index is 1.25. The minimum absolute atomic E-state index is 0.593. The lowest BCUT2D eigenvalue weighted by atomic mass is 9.99. The smallest absolute Gasteiger partial charge is 0.164 e. The number of para-hydroxylation sites is 1. The van der Waals surface area contributed by atoms with Crippen LogP contribution in [0.2, 0.25) is 0 Å². The average Bonchev–Trinajstić information content (AvgIpc) is 3.71. The topological polar surface area (TPSA) is 65.0 Å². The third-order valence-electron chi connectivity index (χ3n) is 8.88. The van der Waals surface area contributed by atoms with Crippen LogP contribution in [0.15, 0.2) is 148 Å². The van der Waals surface area contributed by atoms with Crippen LogP contribution in [0, 0.1) is 0 Å². The van der Waals surface area contributed by atoms with Crippen molar-refractivity contribution in [2.24, 2.45) is 0 Å². The predicted molar refractivity (Wildman–Crippen MR) is 186 cm³/mol. The molecule has 0 saturated heterocycles. The van der Waals surface area contributed by atoms with E-state index in [0.29, 0.717) is 17.5 Å². The summed E-state index contributed by atoms with van der Waals surface area (Å²) in [7, 11) is 0. The zero-order valence-corrected chi connectivity index (χ0v) is 24.4. The first-order chi connectivity index (χ1) is 22.8. The largest absolute Gasteiger partial charge is 0.455 e. The van der Waals surface area contributed by atoms with Crippen molar-refractivity contribution in [2.75, 3.05) is 0 Å². The maximum Gasteiger partial charge on any atom is 0.164 e. The van der Waals surface area contributed by atoms with Gasteiger partial charge in [0.15, 0.2) is 17.5 Å². The van der Waals surface area contributed by atoms with Crippen molar-refractivity contribution in [2.45, 2.75) is 0 Å². The predicted octanol–water partition coefficient (Wildman–Crippen LogP) is 11.0. The Labute approximate surface area is 262 Å². The van der Waals surface area contributed by atoms with Crippen LogP contribution < -0.4 is 0 Å². The summed E-state index contributed by atoms with van der Waals surface area (Å²) in [6.07, 6.45) is 0. The van der Waals surface area contributed by atoms with Crippen LogP contribution in [0.5, 0.6) is 0 Å². The van der Waals surface area contributed by atoms with Gasteiger partial charge in [-0.15, -0.1) is 0 Å². The van der Waals surface area contributed by atoms with Gasteiger partial charge in [-0.25, -0.2) is 15.0 Å². The van der Waals surface area contributed by atoms with Crippen molar-refractivity contribution in [1.29, 1.82) is 0 Å². The molecule has 10 aromatic rings. The molecule has 0 atom stereocenters. The van der Waals surface area contributed by atoms with E-state index < -0.39 is 0 Å². The summed E-state index contributed by atoms with van der Waals surface area (Å²) in [5.41, 5.74) is 6.00. The summed E-state index contributed by atoms with van der Waals surface area (Å²) in [4.78, 5) is 15.0. The molecule has 10 rings (SSSR count). The highest BCUT2D eigenvalue weighted by Gasteiger charge is 2.22. The summed E-state index contributed by atoms with van der Waals surface area (Å²) < 4.78 is 13.1. The number of rotatable bonds is 3. The van der Waals surface area contributed by atoms with Crippen molar-refractivity contribution >= 4 is 65.4 Å². The van der Waals surface area contributed by atoms with Crippen LogP contribution in [0.25, 0.3) is 99.6 Å². The number of nitrogens with zero attached hydrogens (tertiary/aromatic N) is 3. The minimum Gasteiger partial charge on any atom is -0.455 e. The van der Waals surface area contributed by atoms with Gasteiger partial charge in [0.1, 0.15) is 22.3 Å². The molecule has 3 aromatic heterocycles. The van der Waals surface area contributed by atoms with E-state index >= 15 is 0 Å². The molecule has 0 unspecified atom stereocenters. The zero-order valence-electron chi connectivity index (χ0n) is 24.4. The molecular weight excluding hydrogens is 566 g/mol. The van der Waals surface area contributed by atoms with Crippen LogP contribution in [0.4, 0.5) is 0 Å². The molecule has 0 amide bonds. The van der Waals surface area contributed by atoms with E-state index in [0.717, 1.165) is 76.7 Å². The number of fused-ring (bicyclic) bond motifs is 11. The van der Waals surface area contributed by atoms with E-state index in [1.165, 1.54) is 5.39 Å². The molecule has 7 aromatic carbocycles. The monoisotopic (exact) mass is 589 g/mol. The second-order valence-electron chi connectivity index (χ2n) is 11.6. The van der Waals surface area contributed by atoms with Crippen LogP contribution in [-0.2, 0) is 0 Å². The molecule has 0 bridgehead atoms. The lowest BCUT2D eigenvalue weighted by Crippen LogP contribution is -2.00. The quantitative estimate of drug-likeness (QED) is 0.205. The lowest BCUT2D eigenvalue weighted by Gasteiger charge is -2.09. The Hall–Kier alpha value is -6.33. The van der Waals surface area contributed by atoms with E-state index in [-0.39, 0.29) is 0 Å². The first-order valence-corrected chi connectivity index (χ1v) is 15.3. The Bertz CT molecular complexity index is 2810. The average molecular weight is 590 g/mol. The van der Waals surface area contributed by atoms with Crippen LogP contribution >= 0.6 is 0 Å². The summed E-state index contributed by atoms with van der Waals surface area (Å²) in [6.45, 7) is 0. The fourth-order valence-electron chi connectivity index (χ4n) is 6.72. The van der Waals surface area contributed by atoms with Gasteiger partial charge in [-0.05, 0) is 46.5 Å². The first-order valence-electron chi connectivity index (χ1n) is 15.3. The summed E-state index contributed by atoms with van der Waals surface area (Å²) in [5, 5.41) is 8.56. The molecule has 0 aliphatic carbocycles. The van der Waals surface area contributed by atoms with Gasteiger partial charge >= 0.3 is 0 Å². The zero-order chi connectivity index (χ0) is 30.2. The standard InChI is InChI=1S/C41H23N3O2/c1-2-11-25(12-3-1)39-42-40(27-19-18-24-10-4-5-13-26(24)22-27)44-41(43-39)28-20-21-34-32(23-28)36-37(45-34)30-15-7-6-14-29(30)35-31-16-8-9-17-33(31)46-38(35)36/h1-23H. The van der Waals surface area contributed by atoms with E-state index in [9.17, 15) is 0 Å². The minimum atomic E-state index is 0.593. The molecule has 0 fully saturated rings. The van der Waals surface area contributed by atoms with Crippen molar-refractivity contribution in [3.63, 3.8) is 0 Å². The normalized spacial score (nSPS) is 11.9. The molecule has 0 aliphatic heterocycles. The van der Waals surface area contributed by atoms with Crippen molar-refractivity contribution < 1.29 is 8.83 Å². The second kappa shape index (κ2) is 9.58. The molecule has 5 nitrogen and oxygen atoms in total. The van der Waals surface area contributed by atoms with Crippen molar-refractivity contribution in [3.05, 3.63) is 140 Å². The summed E-state index contributed by atoms with van der Waals surface area (Å²) in [5.74, 6) is 1.84. The van der Waals surface area contributed by atoms with Crippen LogP contribution in [-0.4, -0.2) is 15.0 Å². The molecule has 0 radical (unpaired) electrons. The maximum absolute atomic E-state index is 6.57. The van der Waals surface area contributed by atoms with Gasteiger partial charge in [-0.3, -0.25) is 0 Å². The molecule has 0 N–H and O–H groups in total. The number of furan rings is 2. The number of aromatic nitrogens is 3. The van der Waals surface area contributed by atoms with Gasteiger partial charge in [0.25, 0.3) is 0 Å². The van der Waals surface area contributed by atoms with Crippen LogP contribution in [0.1, 0.15) is 0 Å². The second-order valence-corrected chi connectivity index (χ2v) is 11.6. The molecule has 46 heavy (non-hydrogen) atoms. The Kier molecular flexibility index (Phi) is 5.22. The molecule has 0 saturated carbocycles. The molecular formula is C41H23N3O2. The number of hydrogen-bond acceptors (Lipinski definition) is 5. The van der Waals surface area contributed by atoms with Crippen molar-refractivity contribution in [3.8, 4) is 34.2 Å². The first kappa shape index (κ1) is 25.0. The van der Waals surface area contributed by atoms with Gasteiger partial charge in [0, 0.05) is 38.2 Å². The Morgan fingerprint density at radius 1 is 0.348 bits per heavy atom. The van der Waals surface area contributed by atoms with Gasteiger partial charge < -0.3 is 8.83 Å². The van der Waals surface area contributed by atoms with Gasteiger partial charge in [0.05, 0.1) is 5.39 Å². The highest BCUT2D eigenvalue weighted by atomic mass is 16.3. The van der Waals surface area contributed by atoms with Crippen molar-refractivity contribution in [1.82, 2.24) is 15.0 Å². The summed E-state index contributed by atoms with van der Waals surface area (Å²) in [6, 6.07) is 47.4. The molecule has 214 valence electrons. The number of hydrogen-bond donors (Lipinski definition) is 0. The summed E-state index contributed by atoms with van der Waals surface area (Å²) >= 11 is 0. The lowest BCUT2D eigenvalue weighted by molar-refractivity contribution is 0.665. The van der Waals surface area contributed by atoms with Crippen LogP contribution in [0.3, 0.4) is 0 Å². The third kappa shape index (κ3) is 3.72. The van der Waals surface area contributed by atoms with E-state index in [4.69, 9.17) is 23.8 Å². The number of benzene rings is 7. The molecule has 0 spiro atoms.